The molecule has 10 heteroatoms. The number of carbonyl (C=O) groups excluding carboxylic acids is 1. The fourth-order valence-electron chi connectivity index (χ4n) is 5.02. The third kappa shape index (κ3) is 6.88. The number of nitrogens with zero attached hydrogens (tertiary/aromatic N) is 4. The maximum Gasteiger partial charge on any atom is 0.338 e. The van der Waals surface area contributed by atoms with Crippen molar-refractivity contribution < 1.29 is 14.5 Å². The third-order valence-electron chi connectivity index (χ3n) is 7.30. The molecule has 0 amide bonds. The summed E-state index contributed by atoms with van der Waals surface area (Å²) in [7, 11) is 4.17. The molecule has 0 unspecified atom stereocenters. The van der Waals surface area contributed by atoms with E-state index in [0.29, 0.717) is 30.7 Å². The molecule has 0 atom stereocenters. The molecular formula is C29H36N6O4. The highest BCUT2D eigenvalue weighted by Crippen LogP contribution is 2.30. The van der Waals surface area contributed by atoms with Crippen LogP contribution in [0.4, 0.5) is 17.5 Å². The van der Waals surface area contributed by atoms with Crippen LogP contribution in [-0.4, -0.2) is 58.5 Å². The van der Waals surface area contributed by atoms with E-state index in [0.717, 1.165) is 47.9 Å². The SMILES string of the molecule is CCOC(=O)c1cccc(-c2cccc(CNc3ncc([N+](=O)[O-])c(NC4CCC(N(C)C)CC4)n3)c2C)c1. The predicted octanol–water partition coefficient (Wildman–Crippen LogP) is 5.43. The first-order chi connectivity index (χ1) is 18.8. The summed E-state index contributed by atoms with van der Waals surface area (Å²) in [5, 5.41) is 18.2. The van der Waals surface area contributed by atoms with Crippen molar-refractivity contribution in [2.75, 3.05) is 31.3 Å². The first kappa shape index (κ1) is 28.0. The van der Waals surface area contributed by atoms with Gasteiger partial charge in [0.1, 0.15) is 6.20 Å². The molecule has 1 fully saturated rings. The van der Waals surface area contributed by atoms with E-state index in [1.165, 1.54) is 6.20 Å². The number of nitrogens with one attached hydrogen (secondary N) is 2. The monoisotopic (exact) mass is 532 g/mol. The molecule has 39 heavy (non-hydrogen) atoms. The zero-order valence-corrected chi connectivity index (χ0v) is 22.9. The largest absolute Gasteiger partial charge is 0.462 e. The Kier molecular flexibility index (Phi) is 9.08. The molecule has 3 aromatic rings. The lowest BCUT2D eigenvalue weighted by Gasteiger charge is -2.33. The minimum Gasteiger partial charge on any atom is -0.462 e. The lowest BCUT2D eigenvalue weighted by molar-refractivity contribution is -0.384. The predicted molar refractivity (Wildman–Crippen MR) is 152 cm³/mol. The lowest BCUT2D eigenvalue weighted by atomic mass is 9.90. The third-order valence-corrected chi connectivity index (χ3v) is 7.30. The van der Waals surface area contributed by atoms with Crippen LogP contribution in [0.2, 0.25) is 0 Å². The number of hydrogen-bond donors (Lipinski definition) is 2. The molecule has 0 bridgehead atoms. The summed E-state index contributed by atoms with van der Waals surface area (Å²) in [6.45, 7) is 4.56. The van der Waals surface area contributed by atoms with E-state index < -0.39 is 4.92 Å². The molecule has 0 aliphatic heterocycles. The van der Waals surface area contributed by atoms with Crippen LogP contribution in [0.25, 0.3) is 11.1 Å². The lowest BCUT2D eigenvalue weighted by Crippen LogP contribution is -2.36. The van der Waals surface area contributed by atoms with Crippen molar-refractivity contribution in [1.82, 2.24) is 14.9 Å². The summed E-state index contributed by atoms with van der Waals surface area (Å²) in [5.41, 5.74) is 4.36. The molecule has 0 saturated heterocycles. The van der Waals surface area contributed by atoms with Crippen LogP contribution >= 0.6 is 0 Å². The topological polar surface area (TPSA) is 123 Å². The zero-order valence-electron chi connectivity index (χ0n) is 22.9. The minimum absolute atomic E-state index is 0.130. The maximum absolute atomic E-state index is 12.2. The van der Waals surface area contributed by atoms with Gasteiger partial charge in [0.15, 0.2) is 0 Å². The van der Waals surface area contributed by atoms with Crippen molar-refractivity contribution in [3.05, 3.63) is 75.5 Å². The molecule has 1 aliphatic carbocycles. The smallest absolute Gasteiger partial charge is 0.338 e. The van der Waals surface area contributed by atoms with Gasteiger partial charge in [0, 0.05) is 18.6 Å². The molecule has 2 aromatic carbocycles. The number of carbonyl (C=O) groups is 1. The molecule has 0 spiro atoms. The van der Waals surface area contributed by atoms with Gasteiger partial charge in [0.25, 0.3) is 0 Å². The number of hydrogen-bond acceptors (Lipinski definition) is 9. The van der Waals surface area contributed by atoms with Gasteiger partial charge in [-0.05, 0) is 88.0 Å². The van der Waals surface area contributed by atoms with E-state index in [1.807, 2.05) is 43.3 Å². The average Bonchev–Trinajstić information content (AvgIpc) is 2.93. The Labute approximate surface area is 229 Å². The van der Waals surface area contributed by atoms with E-state index in [2.05, 4.69) is 39.6 Å². The van der Waals surface area contributed by atoms with E-state index in [1.54, 1.807) is 13.0 Å². The summed E-state index contributed by atoms with van der Waals surface area (Å²) >= 11 is 0. The Hall–Kier alpha value is -4.05. The van der Waals surface area contributed by atoms with E-state index in [9.17, 15) is 14.9 Å². The highest BCUT2D eigenvalue weighted by molar-refractivity contribution is 5.91. The molecule has 1 aliphatic rings. The summed E-state index contributed by atoms with van der Waals surface area (Å²) in [6, 6.07) is 14.0. The molecule has 1 heterocycles. The quantitative estimate of drug-likeness (QED) is 0.200. The molecule has 1 aromatic heterocycles. The number of nitro groups is 1. The van der Waals surface area contributed by atoms with Crippen molar-refractivity contribution in [1.29, 1.82) is 0 Å². The van der Waals surface area contributed by atoms with Gasteiger partial charge in [0.05, 0.1) is 17.1 Å². The second-order valence-electron chi connectivity index (χ2n) is 10.0. The van der Waals surface area contributed by atoms with E-state index in [-0.39, 0.29) is 23.5 Å². The summed E-state index contributed by atoms with van der Waals surface area (Å²) in [6.07, 6.45) is 5.18. The van der Waals surface area contributed by atoms with Crippen LogP contribution in [0.5, 0.6) is 0 Å². The number of benzene rings is 2. The first-order valence-electron chi connectivity index (χ1n) is 13.3. The number of anilines is 2. The highest BCUT2D eigenvalue weighted by atomic mass is 16.6. The van der Waals surface area contributed by atoms with Gasteiger partial charge in [-0.25, -0.2) is 9.78 Å². The Balaban J connectivity index is 1.49. The van der Waals surface area contributed by atoms with Gasteiger partial charge in [-0.2, -0.15) is 4.98 Å². The Bertz CT molecular complexity index is 1320. The van der Waals surface area contributed by atoms with Crippen molar-refractivity contribution in [2.45, 2.75) is 58.2 Å². The number of esters is 1. The Morgan fingerprint density at radius 1 is 1.15 bits per heavy atom. The molecule has 1 saturated carbocycles. The molecule has 10 nitrogen and oxygen atoms in total. The summed E-state index contributed by atoms with van der Waals surface area (Å²) < 4.78 is 5.14. The van der Waals surface area contributed by atoms with Gasteiger partial charge in [0.2, 0.25) is 11.8 Å². The van der Waals surface area contributed by atoms with Crippen molar-refractivity contribution in [3.8, 4) is 11.1 Å². The van der Waals surface area contributed by atoms with Crippen LogP contribution in [0, 0.1) is 17.0 Å². The van der Waals surface area contributed by atoms with Crippen LogP contribution in [-0.2, 0) is 11.3 Å². The highest BCUT2D eigenvalue weighted by Gasteiger charge is 2.26. The molecule has 0 radical (unpaired) electrons. The molecule has 206 valence electrons. The van der Waals surface area contributed by atoms with Crippen LogP contribution in [0.15, 0.2) is 48.7 Å². The normalized spacial score (nSPS) is 17.1. The fraction of sp³-hybridized carbons (Fsp3) is 0.414. The fourth-order valence-corrected chi connectivity index (χ4v) is 5.02. The molecule has 4 rings (SSSR count). The number of ether oxygens (including phenoxy) is 1. The average molecular weight is 533 g/mol. The second-order valence-corrected chi connectivity index (χ2v) is 10.0. The van der Waals surface area contributed by atoms with Crippen molar-refractivity contribution >= 4 is 23.4 Å². The maximum atomic E-state index is 12.2. The van der Waals surface area contributed by atoms with Crippen molar-refractivity contribution in [3.63, 3.8) is 0 Å². The van der Waals surface area contributed by atoms with Crippen LogP contribution in [0.1, 0.15) is 54.1 Å². The summed E-state index contributed by atoms with van der Waals surface area (Å²) in [4.78, 5) is 34.3. The summed E-state index contributed by atoms with van der Waals surface area (Å²) in [5.74, 6) is 0.214. The van der Waals surface area contributed by atoms with Gasteiger partial charge in [-0.3, -0.25) is 10.1 Å². The number of rotatable bonds is 10. The van der Waals surface area contributed by atoms with E-state index >= 15 is 0 Å². The molecular weight excluding hydrogens is 496 g/mol. The first-order valence-corrected chi connectivity index (χ1v) is 13.3. The Morgan fingerprint density at radius 2 is 1.90 bits per heavy atom. The minimum atomic E-state index is -0.449. The Morgan fingerprint density at radius 3 is 2.59 bits per heavy atom. The standard InChI is InChI=1S/C29H36N6O4/c1-5-39-28(36)21-9-6-8-20(16-21)25-11-7-10-22(19(25)2)17-30-29-31-18-26(35(37)38)27(33-29)32-23-12-14-24(15-13-23)34(3)4/h6-11,16,18,23-24H,5,12-15,17H2,1-4H3,(H2,30,31,32,33). The van der Waals surface area contributed by atoms with E-state index in [4.69, 9.17) is 4.74 Å². The van der Waals surface area contributed by atoms with Gasteiger partial charge in [-0.1, -0.05) is 30.3 Å². The number of aromatic nitrogens is 2. The van der Waals surface area contributed by atoms with Crippen LogP contribution < -0.4 is 10.6 Å². The molecule has 2 N–H and O–H groups in total. The second kappa shape index (κ2) is 12.7. The van der Waals surface area contributed by atoms with Crippen LogP contribution in [0.3, 0.4) is 0 Å². The van der Waals surface area contributed by atoms with Gasteiger partial charge in [-0.15, -0.1) is 0 Å². The van der Waals surface area contributed by atoms with Gasteiger partial charge < -0.3 is 20.3 Å². The van der Waals surface area contributed by atoms with Gasteiger partial charge >= 0.3 is 11.7 Å². The zero-order chi connectivity index (χ0) is 27.9. The van der Waals surface area contributed by atoms with Crippen molar-refractivity contribution in [2.24, 2.45) is 0 Å².